The SMILES string of the molecule is CCCCCC1CCC(c2ccc(C3CCC(C4CCC(C(F)(F)Oc5cc(F)c(C(F)(F)C(F)F)c(F)c5)CC4)CC3)c(F)c2)CC1. The number of hydrogen-bond acceptors (Lipinski definition) is 1. The Morgan fingerprint density at radius 3 is 1.79 bits per heavy atom. The Kier molecular flexibility index (Phi) is 12.0. The van der Waals surface area contributed by atoms with Gasteiger partial charge in [0.1, 0.15) is 23.2 Å². The molecule has 0 saturated heterocycles. The van der Waals surface area contributed by atoms with Crippen molar-refractivity contribution in [3.63, 3.8) is 0 Å². The molecule has 0 bridgehead atoms. The number of hydrogen-bond donors (Lipinski definition) is 0. The van der Waals surface area contributed by atoms with Crippen LogP contribution in [0.2, 0.25) is 0 Å². The van der Waals surface area contributed by atoms with Gasteiger partial charge in [-0.1, -0.05) is 44.7 Å². The number of ether oxygens (including phenoxy) is 1. The molecule has 3 aliphatic rings. The molecule has 3 saturated carbocycles. The zero-order valence-electron chi connectivity index (χ0n) is 27.6. The Morgan fingerprint density at radius 1 is 0.688 bits per heavy atom. The first-order valence-electron chi connectivity index (χ1n) is 17.8. The number of rotatable bonds is 12. The van der Waals surface area contributed by atoms with E-state index in [2.05, 4.69) is 17.7 Å². The number of halogens is 9. The highest BCUT2D eigenvalue weighted by molar-refractivity contribution is 5.34. The Balaban J connectivity index is 1.09. The van der Waals surface area contributed by atoms with Gasteiger partial charge in [-0.2, -0.15) is 17.6 Å². The average Bonchev–Trinajstić information content (AvgIpc) is 3.04. The lowest BCUT2D eigenvalue weighted by Gasteiger charge is -2.39. The average molecular weight is 691 g/mol. The van der Waals surface area contributed by atoms with E-state index in [1.807, 2.05) is 6.07 Å². The molecule has 3 fully saturated rings. The third kappa shape index (κ3) is 8.48. The van der Waals surface area contributed by atoms with Crippen LogP contribution in [-0.2, 0) is 5.92 Å². The largest absolute Gasteiger partial charge is 0.432 e. The highest BCUT2D eigenvalue weighted by atomic mass is 19.3. The summed E-state index contributed by atoms with van der Waals surface area (Å²) in [6.45, 7) is 2.23. The fraction of sp³-hybridized carbons (Fsp3) is 0.684. The topological polar surface area (TPSA) is 9.23 Å². The first-order valence-corrected chi connectivity index (χ1v) is 17.8. The molecule has 0 atom stereocenters. The lowest BCUT2D eigenvalue weighted by molar-refractivity contribution is -0.224. The second-order valence-corrected chi connectivity index (χ2v) is 14.6. The zero-order valence-corrected chi connectivity index (χ0v) is 27.6. The van der Waals surface area contributed by atoms with Gasteiger partial charge >= 0.3 is 18.5 Å². The predicted octanol–water partition coefficient (Wildman–Crippen LogP) is 13.1. The lowest BCUT2D eigenvalue weighted by Crippen LogP contribution is -2.38. The monoisotopic (exact) mass is 690 g/mol. The van der Waals surface area contributed by atoms with E-state index >= 15 is 13.2 Å². The van der Waals surface area contributed by atoms with E-state index in [9.17, 15) is 26.3 Å². The molecular formula is C38H47F9O. The van der Waals surface area contributed by atoms with Crippen molar-refractivity contribution in [2.45, 2.75) is 140 Å². The van der Waals surface area contributed by atoms with Crippen LogP contribution in [0.4, 0.5) is 39.5 Å². The lowest BCUT2D eigenvalue weighted by atomic mass is 9.68. The molecule has 5 rings (SSSR count). The minimum atomic E-state index is -5.13. The van der Waals surface area contributed by atoms with Gasteiger partial charge in [0.15, 0.2) is 0 Å². The van der Waals surface area contributed by atoms with E-state index in [0.29, 0.717) is 24.7 Å². The molecule has 10 heteroatoms. The summed E-state index contributed by atoms with van der Waals surface area (Å²) in [5.41, 5.74) is -0.312. The quantitative estimate of drug-likeness (QED) is 0.159. The van der Waals surface area contributed by atoms with Gasteiger partial charge in [-0.3, -0.25) is 0 Å². The molecule has 0 amide bonds. The maximum absolute atomic E-state index is 15.4. The van der Waals surface area contributed by atoms with Gasteiger partial charge in [0.05, 0.1) is 11.5 Å². The van der Waals surface area contributed by atoms with Gasteiger partial charge in [-0.15, -0.1) is 0 Å². The van der Waals surface area contributed by atoms with Crippen LogP contribution in [0.3, 0.4) is 0 Å². The first kappa shape index (κ1) is 36.9. The standard InChI is InChI=1S/C38H47F9O/c1-2-3-4-5-23-6-8-26(9-7-23)28-16-19-31(32(39)20-28)27-12-10-24(11-13-27)25-14-17-29(18-15-25)38(46,47)48-30-21-33(40)35(34(41)22-30)37(44,45)36(42)43/h16,19-27,29,36H,2-15,17-18H2,1H3. The molecule has 2 aromatic carbocycles. The Hall–Kier alpha value is -2.39. The van der Waals surface area contributed by atoms with E-state index in [1.54, 1.807) is 6.07 Å². The third-order valence-electron chi connectivity index (χ3n) is 11.6. The second kappa shape index (κ2) is 15.7. The van der Waals surface area contributed by atoms with E-state index in [0.717, 1.165) is 55.6 Å². The summed E-state index contributed by atoms with van der Waals surface area (Å²) < 4.78 is 131. The van der Waals surface area contributed by atoms with Crippen molar-refractivity contribution in [2.24, 2.45) is 23.7 Å². The van der Waals surface area contributed by atoms with Crippen molar-refractivity contribution in [2.75, 3.05) is 0 Å². The molecule has 0 unspecified atom stereocenters. The van der Waals surface area contributed by atoms with Crippen LogP contribution in [0, 0.1) is 41.1 Å². The minimum Gasteiger partial charge on any atom is -0.432 e. The first-order chi connectivity index (χ1) is 22.8. The van der Waals surface area contributed by atoms with E-state index in [4.69, 9.17) is 0 Å². The molecular weight excluding hydrogens is 643 g/mol. The Labute approximate surface area is 278 Å². The highest BCUT2D eigenvalue weighted by Gasteiger charge is 2.49. The van der Waals surface area contributed by atoms with Crippen LogP contribution in [0.25, 0.3) is 0 Å². The fourth-order valence-electron chi connectivity index (χ4n) is 8.70. The predicted molar refractivity (Wildman–Crippen MR) is 167 cm³/mol. The molecule has 2 aromatic rings. The van der Waals surface area contributed by atoms with Gasteiger partial charge in [0.2, 0.25) is 0 Å². The van der Waals surface area contributed by atoms with E-state index in [-0.39, 0.29) is 42.6 Å². The number of alkyl halides is 6. The van der Waals surface area contributed by atoms with Crippen molar-refractivity contribution in [3.8, 4) is 5.75 Å². The Morgan fingerprint density at radius 2 is 1.25 bits per heavy atom. The van der Waals surface area contributed by atoms with Crippen LogP contribution in [0.15, 0.2) is 30.3 Å². The maximum atomic E-state index is 15.4. The van der Waals surface area contributed by atoms with Gasteiger partial charge in [0.25, 0.3) is 0 Å². The van der Waals surface area contributed by atoms with Crippen LogP contribution < -0.4 is 4.74 Å². The van der Waals surface area contributed by atoms with Crippen molar-refractivity contribution in [1.82, 2.24) is 0 Å². The molecule has 0 radical (unpaired) electrons. The molecule has 0 aromatic heterocycles. The maximum Gasteiger partial charge on any atom is 0.400 e. The van der Waals surface area contributed by atoms with Gasteiger partial charge in [-0.05, 0) is 124 Å². The molecule has 48 heavy (non-hydrogen) atoms. The molecule has 3 aliphatic carbocycles. The summed E-state index contributed by atoms with van der Waals surface area (Å²) in [5, 5.41) is 0. The zero-order chi connectivity index (χ0) is 34.6. The molecule has 268 valence electrons. The fourth-order valence-corrected chi connectivity index (χ4v) is 8.70. The second-order valence-electron chi connectivity index (χ2n) is 14.6. The van der Waals surface area contributed by atoms with Gasteiger partial charge in [-0.25, -0.2) is 22.0 Å². The van der Waals surface area contributed by atoms with Gasteiger partial charge in [0, 0.05) is 12.1 Å². The summed E-state index contributed by atoms with van der Waals surface area (Å²) in [5.74, 6) is -9.83. The van der Waals surface area contributed by atoms with Crippen LogP contribution in [0.1, 0.15) is 138 Å². The van der Waals surface area contributed by atoms with E-state index < -0.39 is 47.3 Å². The third-order valence-corrected chi connectivity index (χ3v) is 11.6. The normalized spacial score (nSPS) is 27.3. The van der Waals surface area contributed by atoms with Crippen LogP contribution in [-0.4, -0.2) is 12.5 Å². The van der Waals surface area contributed by atoms with Crippen molar-refractivity contribution < 1.29 is 44.3 Å². The van der Waals surface area contributed by atoms with Crippen molar-refractivity contribution in [1.29, 1.82) is 0 Å². The van der Waals surface area contributed by atoms with Crippen LogP contribution >= 0.6 is 0 Å². The number of unbranched alkanes of at least 4 members (excludes halogenated alkanes) is 2. The molecule has 0 heterocycles. The highest BCUT2D eigenvalue weighted by Crippen LogP contribution is 2.48. The molecule has 0 spiro atoms. The summed E-state index contributed by atoms with van der Waals surface area (Å²) in [7, 11) is 0. The summed E-state index contributed by atoms with van der Waals surface area (Å²) in [6, 6.07) is 6.02. The van der Waals surface area contributed by atoms with Crippen molar-refractivity contribution in [3.05, 3.63) is 64.5 Å². The summed E-state index contributed by atoms with van der Waals surface area (Å²) in [6.07, 6.45) is 6.23. The van der Waals surface area contributed by atoms with Crippen molar-refractivity contribution >= 4 is 0 Å². The summed E-state index contributed by atoms with van der Waals surface area (Å²) >= 11 is 0. The molecule has 1 nitrogen and oxygen atoms in total. The van der Waals surface area contributed by atoms with Crippen LogP contribution in [0.5, 0.6) is 5.75 Å². The van der Waals surface area contributed by atoms with E-state index in [1.165, 1.54) is 38.5 Å². The molecule has 0 N–H and O–H groups in total. The summed E-state index contributed by atoms with van der Waals surface area (Å²) in [4.78, 5) is 0. The number of benzene rings is 2. The minimum absolute atomic E-state index is 0.0868. The smallest absolute Gasteiger partial charge is 0.400 e. The molecule has 0 aliphatic heterocycles. The van der Waals surface area contributed by atoms with Gasteiger partial charge < -0.3 is 4.74 Å². The Bertz CT molecular complexity index is 1310.